The van der Waals surface area contributed by atoms with Gasteiger partial charge in [0.25, 0.3) is 0 Å². The first-order valence-corrected chi connectivity index (χ1v) is 18.3. The molecule has 1 amide bonds. The van der Waals surface area contributed by atoms with Crippen molar-refractivity contribution in [3.05, 3.63) is 111 Å². The van der Waals surface area contributed by atoms with E-state index in [4.69, 9.17) is 4.74 Å². The number of unbranched alkanes of at least 4 members (excludes halogenated alkanes) is 2. The second-order valence-corrected chi connectivity index (χ2v) is 14.2. The number of hydrogen-bond acceptors (Lipinski definition) is 6. The topological polar surface area (TPSA) is 93.5 Å². The Kier molecular flexibility index (Phi) is 14.3. The van der Waals surface area contributed by atoms with Gasteiger partial charge in [0.15, 0.2) is 0 Å². The molecule has 0 aliphatic carbocycles. The lowest BCUT2D eigenvalue weighted by Crippen LogP contribution is -2.57. The number of allylic oxidation sites excluding steroid dienone is 2. The number of carbonyl (C=O) groups is 2. The number of rotatable bonds is 18. The third-order valence-electron chi connectivity index (χ3n) is 9.63. The van der Waals surface area contributed by atoms with Gasteiger partial charge in [-0.2, -0.15) is 18.2 Å². The molecule has 1 aliphatic rings. The van der Waals surface area contributed by atoms with E-state index in [2.05, 4.69) is 23.5 Å². The highest BCUT2D eigenvalue weighted by molar-refractivity contribution is 5.82. The van der Waals surface area contributed by atoms with Crippen molar-refractivity contribution in [2.24, 2.45) is 0 Å². The largest absolute Gasteiger partial charge is 0.466 e. The van der Waals surface area contributed by atoms with E-state index in [0.717, 1.165) is 10.6 Å². The van der Waals surface area contributed by atoms with Gasteiger partial charge < -0.3 is 10.1 Å². The van der Waals surface area contributed by atoms with E-state index in [0.29, 0.717) is 67.1 Å². The van der Waals surface area contributed by atoms with E-state index in [1.54, 1.807) is 13.0 Å². The molecule has 55 heavy (non-hydrogen) atoms. The average Bonchev–Trinajstić information content (AvgIpc) is 3.07. The van der Waals surface area contributed by atoms with Crippen molar-refractivity contribution in [1.82, 2.24) is 19.8 Å². The van der Waals surface area contributed by atoms with Crippen molar-refractivity contribution in [3.63, 3.8) is 0 Å². The molecule has 2 heterocycles. The van der Waals surface area contributed by atoms with Crippen LogP contribution in [0, 0.1) is 25.5 Å². The Balaban J connectivity index is 1.81. The summed E-state index contributed by atoms with van der Waals surface area (Å²) < 4.78 is 94.8. The van der Waals surface area contributed by atoms with Crippen LogP contribution < -0.4 is 11.0 Å². The Morgan fingerprint density at radius 3 is 2.38 bits per heavy atom. The van der Waals surface area contributed by atoms with E-state index in [9.17, 15) is 36.3 Å². The van der Waals surface area contributed by atoms with Crippen LogP contribution in [0.1, 0.15) is 91.5 Å². The molecule has 4 rings (SSSR count). The summed E-state index contributed by atoms with van der Waals surface area (Å²) in [6, 6.07) is 1.11. The maximum atomic E-state index is 16.2. The molecule has 0 radical (unpaired) electrons. The summed E-state index contributed by atoms with van der Waals surface area (Å²) in [5.41, 5.74) is -2.52. The molecule has 1 N–H and O–H groups in total. The van der Waals surface area contributed by atoms with Gasteiger partial charge in [-0.1, -0.05) is 12.2 Å². The zero-order valence-electron chi connectivity index (χ0n) is 31.6. The number of ether oxygens (including phenoxy) is 1. The second-order valence-electron chi connectivity index (χ2n) is 14.2. The van der Waals surface area contributed by atoms with Crippen molar-refractivity contribution in [2.45, 2.75) is 96.6 Å². The Labute approximate surface area is 317 Å². The number of likely N-dealkylation sites (tertiary alicyclic amines) is 1. The molecule has 298 valence electrons. The quantitative estimate of drug-likeness (QED) is 0.0606. The number of hydrogen-bond donors (Lipinski definition) is 1. The first-order valence-electron chi connectivity index (χ1n) is 18.3. The van der Waals surface area contributed by atoms with Crippen LogP contribution >= 0.6 is 0 Å². The number of alkyl halides is 4. The molecule has 1 fully saturated rings. The van der Waals surface area contributed by atoms with E-state index in [-0.39, 0.29) is 37.2 Å². The van der Waals surface area contributed by atoms with E-state index >= 15 is 4.39 Å². The van der Waals surface area contributed by atoms with Crippen molar-refractivity contribution in [1.29, 1.82) is 0 Å². The van der Waals surface area contributed by atoms with Gasteiger partial charge in [0.2, 0.25) is 5.91 Å². The first kappa shape index (κ1) is 43.0. The Bertz CT molecular complexity index is 1950. The van der Waals surface area contributed by atoms with Crippen molar-refractivity contribution in [2.75, 3.05) is 26.2 Å². The Morgan fingerprint density at radius 1 is 1.05 bits per heavy atom. The van der Waals surface area contributed by atoms with Gasteiger partial charge in [0.05, 0.1) is 24.6 Å². The number of aryl methyl sites for hydroxylation is 3. The highest BCUT2D eigenvalue weighted by Crippen LogP contribution is 2.40. The predicted octanol–water partition coefficient (Wildman–Crippen LogP) is 8.24. The van der Waals surface area contributed by atoms with Crippen LogP contribution in [0.4, 0.5) is 26.3 Å². The van der Waals surface area contributed by atoms with Crippen molar-refractivity contribution in [3.8, 4) is 11.1 Å². The summed E-state index contributed by atoms with van der Waals surface area (Å²) >= 11 is 0. The van der Waals surface area contributed by atoms with Crippen LogP contribution in [0.5, 0.6) is 0 Å². The number of nitrogens with one attached hydrogen (secondary N) is 1. The monoisotopic (exact) mass is 774 g/mol. The number of amides is 1. The molecule has 0 saturated carbocycles. The molecule has 0 bridgehead atoms. The second kappa shape index (κ2) is 18.3. The van der Waals surface area contributed by atoms with Gasteiger partial charge in [-0.25, -0.2) is 18.0 Å². The molecule has 2 atom stereocenters. The fourth-order valence-corrected chi connectivity index (χ4v) is 7.06. The lowest BCUT2D eigenvalue weighted by molar-refractivity contribution is -0.144. The first-order chi connectivity index (χ1) is 25.9. The summed E-state index contributed by atoms with van der Waals surface area (Å²) in [6.07, 6.45) is 1.04. The summed E-state index contributed by atoms with van der Waals surface area (Å²) in [7, 11) is 0. The van der Waals surface area contributed by atoms with Crippen molar-refractivity contribution < 1.29 is 40.7 Å². The third kappa shape index (κ3) is 11.0. The van der Waals surface area contributed by atoms with Crippen LogP contribution in [0.2, 0.25) is 0 Å². The SMILES string of the molecule is C=CCCCCc1cc(F)cc(C)c1-c1cc([C@H](CC(=O)OCC)NC(=O)[C@H](CC=C)n2cc(CCN3CC(C)(F)C3)c(C)nc2=O)c(F)c(C(F)(F)F)c1. The maximum Gasteiger partial charge on any atom is 0.419 e. The molecule has 0 unspecified atom stereocenters. The van der Waals surface area contributed by atoms with Gasteiger partial charge >= 0.3 is 17.8 Å². The molecule has 8 nitrogen and oxygen atoms in total. The minimum atomic E-state index is -5.20. The van der Waals surface area contributed by atoms with Gasteiger partial charge in [0.1, 0.15) is 23.3 Å². The van der Waals surface area contributed by atoms with E-state index < -0.39 is 70.7 Å². The lowest BCUT2D eigenvalue weighted by Gasteiger charge is -2.42. The number of carbonyl (C=O) groups excluding carboxylic acids is 2. The molecule has 14 heteroatoms. The smallest absolute Gasteiger partial charge is 0.419 e. The Morgan fingerprint density at radius 2 is 1.76 bits per heavy atom. The minimum absolute atomic E-state index is 0.0930. The van der Waals surface area contributed by atoms with Crippen LogP contribution in [0.15, 0.2) is 60.6 Å². The molecule has 2 aromatic carbocycles. The van der Waals surface area contributed by atoms with Crippen LogP contribution in [0.3, 0.4) is 0 Å². The molecule has 0 spiro atoms. The lowest BCUT2D eigenvalue weighted by atomic mass is 9.88. The number of benzene rings is 2. The molecular weight excluding hydrogens is 726 g/mol. The highest BCUT2D eigenvalue weighted by Gasteiger charge is 2.39. The highest BCUT2D eigenvalue weighted by atomic mass is 19.4. The number of esters is 1. The minimum Gasteiger partial charge on any atom is -0.466 e. The van der Waals surface area contributed by atoms with Crippen LogP contribution in [-0.4, -0.2) is 58.2 Å². The molecular formula is C41H48F6N4O4. The third-order valence-corrected chi connectivity index (χ3v) is 9.63. The molecule has 1 saturated heterocycles. The summed E-state index contributed by atoms with van der Waals surface area (Å²) in [5, 5.41) is 2.53. The normalized spacial score (nSPS) is 15.2. The number of halogens is 6. The van der Waals surface area contributed by atoms with Gasteiger partial charge in [0, 0.05) is 37.1 Å². The molecule has 1 aliphatic heterocycles. The van der Waals surface area contributed by atoms with Gasteiger partial charge in [-0.15, -0.1) is 13.2 Å². The van der Waals surface area contributed by atoms with Gasteiger partial charge in [-0.3, -0.25) is 19.1 Å². The maximum absolute atomic E-state index is 16.2. The van der Waals surface area contributed by atoms with E-state index in [1.807, 2.05) is 4.90 Å². The number of aromatic nitrogens is 2. The van der Waals surface area contributed by atoms with E-state index in [1.165, 1.54) is 45.2 Å². The molecule has 1 aromatic heterocycles. The Hall–Kier alpha value is -4.72. The van der Waals surface area contributed by atoms with Gasteiger partial charge in [-0.05, 0) is 118 Å². The summed E-state index contributed by atoms with van der Waals surface area (Å²) in [6.45, 7) is 14.4. The fourth-order valence-electron chi connectivity index (χ4n) is 7.06. The predicted molar refractivity (Wildman–Crippen MR) is 198 cm³/mol. The number of nitrogens with zero attached hydrogens (tertiary/aromatic N) is 3. The summed E-state index contributed by atoms with van der Waals surface area (Å²) in [5.74, 6) is -4.17. The van der Waals surface area contributed by atoms with Crippen LogP contribution in [-0.2, 0) is 33.3 Å². The molecule has 3 aromatic rings. The van der Waals surface area contributed by atoms with Crippen molar-refractivity contribution >= 4 is 11.9 Å². The zero-order chi connectivity index (χ0) is 40.7. The standard InChI is InChI=1S/C41H48F6N4O4/c1-7-10-11-12-14-27-18-30(42)17-25(4)36(27)29-19-31(37(43)32(20-29)41(45,46)47)33(21-35(52)55-9-3)49-38(53)34(13-8-2)51-22-28(26(5)48-39(51)54)15-16-50-23-40(6,44)24-50/h7-8,17-20,22,33-34H,1-2,9-16,21,23-24H2,3-6H3,(H,49,53)/t33-,34-/m0/s1. The fraction of sp³-hybridized carbons (Fsp3) is 0.463. The summed E-state index contributed by atoms with van der Waals surface area (Å²) in [4.78, 5) is 46.2. The zero-order valence-corrected chi connectivity index (χ0v) is 31.6. The van der Waals surface area contributed by atoms with Crippen LogP contribution in [0.25, 0.3) is 11.1 Å². The average molecular weight is 775 g/mol.